The number of rotatable bonds is 7. The Balaban J connectivity index is 0.00000261. The van der Waals surface area contributed by atoms with Gasteiger partial charge in [-0.1, -0.05) is 47.1 Å². The zero-order valence-electron chi connectivity index (χ0n) is 16.0. The normalized spacial score (nSPS) is 15.4. The molecule has 1 fully saturated rings. The van der Waals surface area contributed by atoms with E-state index in [-0.39, 0.29) is 35.3 Å². The van der Waals surface area contributed by atoms with Crippen LogP contribution in [0.15, 0.2) is 38.3 Å². The summed E-state index contributed by atoms with van der Waals surface area (Å²) in [5.41, 5.74) is 1.60. The smallest absolute Gasteiger partial charge is 0.228 e. The molecule has 27 heavy (non-hydrogen) atoms. The first-order chi connectivity index (χ1) is 12.5. The predicted octanol–water partition coefficient (Wildman–Crippen LogP) is 4.01. The maximum absolute atomic E-state index is 5.27. The fourth-order valence-electron chi connectivity index (χ4n) is 2.90. The van der Waals surface area contributed by atoms with Crippen LogP contribution in [-0.4, -0.2) is 36.2 Å². The zero-order valence-corrected chi connectivity index (χ0v) is 19.9. The number of aliphatic imine (C=N–C) groups is 1. The molecule has 1 aromatic heterocycles. The molecule has 1 aliphatic rings. The van der Waals surface area contributed by atoms with Gasteiger partial charge in [-0.15, -0.1) is 24.0 Å². The van der Waals surface area contributed by atoms with Crippen molar-refractivity contribution < 1.29 is 4.52 Å². The summed E-state index contributed by atoms with van der Waals surface area (Å²) in [6.07, 6.45) is 3.08. The van der Waals surface area contributed by atoms with E-state index in [1.54, 1.807) is 7.05 Å². The minimum absolute atomic E-state index is 0. The highest BCUT2D eigenvalue weighted by atomic mass is 127. The van der Waals surface area contributed by atoms with Crippen LogP contribution in [0.4, 0.5) is 0 Å². The van der Waals surface area contributed by atoms with E-state index in [2.05, 4.69) is 79.8 Å². The van der Waals surface area contributed by atoms with Crippen molar-refractivity contribution in [1.82, 2.24) is 20.8 Å². The second kappa shape index (κ2) is 9.86. The number of halogens is 2. The van der Waals surface area contributed by atoms with Crippen molar-refractivity contribution in [3.05, 3.63) is 46.0 Å². The molecule has 8 heteroatoms. The highest BCUT2D eigenvalue weighted by molar-refractivity contribution is 14.0. The van der Waals surface area contributed by atoms with Crippen molar-refractivity contribution in [3.8, 4) is 0 Å². The van der Waals surface area contributed by atoms with E-state index < -0.39 is 0 Å². The van der Waals surface area contributed by atoms with Crippen LogP contribution < -0.4 is 10.6 Å². The van der Waals surface area contributed by atoms with Gasteiger partial charge in [0.1, 0.15) is 0 Å². The number of nitrogens with zero attached hydrogens (tertiary/aromatic N) is 3. The van der Waals surface area contributed by atoms with Crippen LogP contribution in [-0.2, 0) is 11.8 Å². The molecular weight excluding hydrogens is 521 g/mol. The summed E-state index contributed by atoms with van der Waals surface area (Å²) in [6, 6.07) is 8.59. The summed E-state index contributed by atoms with van der Waals surface area (Å²) < 4.78 is 6.40. The van der Waals surface area contributed by atoms with Gasteiger partial charge in [0.05, 0.1) is 0 Å². The second-order valence-corrected chi connectivity index (χ2v) is 8.01. The van der Waals surface area contributed by atoms with E-state index in [0.717, 1.165) is 22.8 Å². The molecule has 0 radical (unpaired) electrons. The van der Waals surface area contributed by atoms with Gasteiger partial charge >= 0.3 is 0 Å². The second-order valence-electron chi connectivity index (χ2n) is 7.09. The van der Waals surface area contributed by atoms with E-state index in [1.807, 2.05) is 0 Å². The van der Waals surface area contributed by atoms with E-state index in [9.17, 15) is 0 Å². The molecule has 0 atom stereocenters. The maximum Gasteiger partial charge on any atom is 0.228 e. The summed E-state index contributed by atoms with van der Waals surface area (Å²) in [7, 11) is 1.79. The van der Waals surface area contributed by atoms with Crippen LogP contribution in [0.2, 0.25) is 0 Å². The Bertz CT molecular complexity index is 773. The Kier molecular flexibility index (Phi) is 8.08. The van der Waals surface area contributed by atoms with E-state index >= 15 is 0 Å². The van der Waals surface area contributed by atoms with Crippen LogP contribution in [0, 0.1) is 0 Å². The van der Waals surface area contributed by atoms with Crippen molar-refractivity contribution in [1.29, 1.82) is 0 Å². The largest absolute Gasteiger partial charge is 0.356 e. The average molecular weight is 548 g/mol. The molecule has 1 heterocycles. The Morgan fingerprint density at radius 3 is 2.70 bits per heavy atom. The van der Waals surface area contributed by atoms with Gasteiger partial charge < -0.3 is 15.2 Å². The zero-order chi connectivity index (χ0) is 18.6. The molecule has 3 rings (SSSR count). The van der Waals surface area contributed by atoms with Gasteiger partial charge in [-0.05, 0) is 30.5 Å². The van der Waals surface area contributed by atoms with E-state index in [4.69, 9.17) is 4.52 Å². The predicted molar refractivity (Wildman–Crippen MR) is 122 cm³/mol. The van der Waals surface area contributed by atoms with Crippen molar-refractivity contribution in [2.45, 2.75) is 44.4 Å². The topological polar surface area (TPSA) is 75.3 Å². The van der Waals surface area contributed by atoms with Crippen LogP contribution in [0.1, 0.15) is 49.9 Å². The summed E-state index contributed by atoms with van der Waals surface area (Å²) >= 11 is 3.57. The van der Waals surface area contributed by atoms with Crippen molar-refractivity contribution in [2.24, 2.45) is 4.99 Å². The molecule has 0 amide bonds. The summed E-state index contributed by atoms with van der Waals surface area (Å²) in [5, 5.41) is 10.8. The highest BCUT2D eigenvalue weighted by Crippen LogP contribution is 2.48. The summed E-state index contributed by atoms with van der Waals surface area (Å²) in [5.74, 6) is 2.49. The average Bonchev–Trinajstić information content (AvgIpc) is 3.27. The van der Waals surface area contributed by atoms with Crippen molar-refractivity contribution >= 4 is 45.9 Å². The molecule has 1 saturated carbocycles. The molecule has 6 nitrogen and oxygen atoms in total. The van der Waals surface area contributed by atoms with Crippen molar-refractivity contribution in [3.63, 3.8) is 0 Å². The molecule has 1 aromatic carbocycles. The first-order valence-electron chi connectivity index (χ1n) is 9.05. The summed E-state index contributed by atoms with van der Waals surface area (Å²) in [6.45, 7) is 5.68. The van der Waals surface area contributed by atoms with Gasteiger partial charge in [0.15, 0.2) is 11.8 Å². The third-order valence-electron chi connectivity index (χ3n) is 4.74. The minimum atomic E-state index is 0. The molecule has 0 bridgehead atoms. The van der Waals surface area contributed by atoms with Crippen LogP contribution >= 0.6 is 39.9 Å². The third kappa shape index (κ3) is 5.91. The number of aromatic nitrogens is 2. The lowest BCUT2D eigenvalue weighted by atomic mass is 9.96. The first-order valence-corrected chi connectivity index (χ1v) is 9.85. The molecular formula is C19H27BrIN5O. The third-order valence-corrected chi connectivity index (χ3v) is 5.23. The highest BCUT2D eigenvalue weighted by Gasteiger charge is 2.44. The molecule has 0 unspecified atom stereocenters. The fourth-order valence-corrected chi connectivity index (χ4v) is 3.30. The lowest BCUT2D eigenvalue weighted by molar-refractivity contribution is 0.371. The Morgan fingerprint density at radius 2 is 2.11 bits per heavy atom. The quantitative estimate of drug-likeness (QED) is 0.311. The van der Waals surface area contributed by atoms with Gasteiger partial charge in [0.25, 0.3) is 0 Å². The number of benzene rings is 1. The van der Waals surface area contributed by atoms with Crippen molar-refractivity contribution in [2.75, 3.05) is 20.1 Å². The van der Waals surface area contributed by atoms with Gasteiger partial charge in [0.2, 0.25) is 5.89 Å². The standard InChI is InChI=1S/C19H26BrN5O.HI/c1-13(2)17-24-16(26-25-17)7-10-22-18(21-3)23-12-19(8-9-19)14-5-4-6-15(20)11-14;/h4-6,11,13H,7-10,12H2,1-3H3,(H2,21,22,23);1H. The molecule has 1 aliphatic carbocycles. The Labute approximate surface area is 186 Å². The number of hydrogen-bond acceptors (Lipinski definition) is 4. The lowest BCUT2D eigenvalue weighted by Gasteiger charge is -2.19. The minimum Gasteiger partial charge on any atom is -0.356 e. The molecule has 2 N–H and O–H groups in total. The number of guanidine groups is 1. The number of hydrogen-bond donors (Lipinski definition) is 2. The van der Waals surface area contributed by atoms with Gasteiger partial charge in [-0.25, -0.2) is 0 Å². The monoisotopic (exact) mass is 547 g/mol. The number of nitrogens with one attached hydrogen (secondary N) is 2. The van der Waals surface area contributed by atoms with Gasteiger partial charge in [-0.3, -0.25) is 4.99 Å². The SMILES string of the molecule is CN=C(NCCc1nc(C(C)C)no1)NCC1(c2cccc(Br)c2)CC1.I. The van der Waals surface area contributed by atoms with Crippen LogP contribution in [0.25, 0.3) is 0 Å². The Morgan fingerprint density at radius 1 is 1.33 bits per heavy atom. The molecule has 0 aliphatic heterocycles. The first kappa shape index (κ1) is 22.1. The molecule has 0 saturated heterocycles. The lowest BCUT2D eigenvalue weighted by Crippen LogP contribution is -2.42. The van der Waals surface area contributed by atoms with Crippen LogP contribution in [0.3, 0.4) is 0 Å². The maximum atomic E-state index is 5.27. The van der Waals surface area contributed by atoms with Gasteiger partial charge in [-0.2, -0.15) is 4.98 Å². The molecule has 0 spiro atoms. The van der Waals surface area contributed by atoms with Crippen LogP contribution in [0.5, 0.6) is 0 Å². The fraction of sp³-hybridized carbons (Fsp3) is 0.526. The molecule has 148 valence electrons. The summed E-state index contributed by atoms with van der Waals surface area (Å²) in [4.78, 5) is 8.71. The van der Waals surface area contributed by atoms with Gasteiger partial charge in [0, 0.05) is 42.4 Å². The van der Waals surface area contributed by atoms with E-state index in [1.165, 1.54) is 18.4 Å². The molecule has 2 aromatic rings. The Hall–Kier alpha value is -1.16. The van der Waals surface area contributed by atoms with E-state index in [0.29, 0.717) is 18.9 Å².